The quantitative estimate of drug-likeness (QED) is 0.675. The van der Waals surface area contributed by atoms with Crippen LogP contribution in [0, 0.1) is 23.7 Å². The van der Waals surface area contributed by atoms with Gasteiger partial charge >= 0.3 is 5.97 Å². The topological polar surface area (TPSA) is 95.5 Å². The maximum Gasteiger partial charge on any atom is 0.307 e. The van der Waals surface area contributed by atoms with E-state index in [-0.39, 0.29) is 29.7 Å². The average Bonchev–Trinajstić information content (AvgIpc) is 3.33. The van der Waals surface area contributed by atoms with Crippen LogP contribution in [0.25, 0.3) is 0 Å². The predicted octanol–water partition coefficient (Wildman–Crippen LogP) is 3.27. The lowest BCUT2D eigenvalue weighted by Gasteiger charge is -2.41. The number of carboxylic acids is 1. The standard InChI is InChI=1S/C20H24N2O4S/c23-17(21-13-3-1-2-4-13)14-9-10-27-19(14)22-18(24)15-11-5-7-12(8-6-11)16(15)20(25)26/h5,7,9-13,15-16H,1-4,6,8H2,(H,21,23)(H,22,24)(H,25,26)/t11-,12-,15-,16-/m0/s1. The number of carbonyl (C=O) groups is 3. The SMILES string of the molecule is O=C(NC1CCCC1)c1ccsc1NC(=O)[C@@H]1[C@@H](C(=O)O)[C@H]2C=C[C@H]1CC2. The highest BCUT2D eigenvalue weighted by molar-refractivity contribution is 7.14. The largest absolute Gasteiger partial charge is 0.481 e. The van der Waals surface area contributed by atoms with Crippen molar-refractivity contribution in [2.45, 2.75) is 44.6 Å². The van der Waals surface area contributed by atoms with E-state index in [4.69, 9.17) is 0 Å². The molecule has 3 N–H and O–H groups in total. The molecule has 27 heavy (non-hydrogen) atoms. The van der Waals surface area contributed by atoms with Crippen LogP contribution in [-0.2, 0) is 9.59 Å². The van der Waals surface area contributed by atoms with Gasteiger partial charge in [-0.1, -0.05) is 25.0 Å². The Hall–Kier alpha value is -2.15. The monoisotopic (exact) mass is 388 g/mol. The number of thiophene rings is 1. The van der Waals surface area contributed by atoms with E-state index in [1.807, 2.05) is 12.2 Å². The molecule has 6 nitrogen and oxygen atoms in total. The van der Waals surface area contributed by atoms with Gasteiger partial charge in [0, 0.05) is 6.04 Å². The van der Waals surface area contributed by atoms with Crippen LogP contribution in [0.1, 0.15) is 48.9 Å². The Morgan fingerprint density at radius 3 is 2.30 bits per heavy atom. The second-order valence-corrected chi connectivity index (χ2v) is 8.70. The first-order chi connectivity index (χ1) is 13.0. The van der Waals surface area contributed by atoms with Crippen molar-refractivity contribution in [3.63, 3.8) is 0 Å². The van der Waals surface area contributed by atoms with Gasteiger partial charge in [-0.2, -0.15) is 0 Å². The minimum absolute atomic E-state index is 0.0492. The van der Waals surface area contributed by atoms with E-state index < -0.39 is 17.8 Å². The first kappa shape index (κ1) is 18.2. The van der Waals surface area contributed by atoms with Crippen molar-refractivity contribution in [1.82, 2.24) is 5.32 Å². The van der Waals surface area contributed by atoms with Gasteiger partial charge in [0.1, 0.15) is 5.00 Å². The van der Waals surface area contributed by atoms with Gasteiger partial charge in [-0.25, -0.2) is 0 Å². The molecule has 4 aliphatic carbocycles. The number of hydrogen-bond acceptors (Lipinski definition) is 4. The third kappa shape index (κ3) is 3.52. The molecular weight excluding hydrogens is 364 g/mol. The number of fused-ring (bicyclic) bond motifs is 2. The summed E-state index contributed by atoms with van der Waals surface area (Å²) in [6, 6.07) is 1.92. The average molecular weight is 388 g/mol. The van der Waals surface area contributed by atoms with Crippen molar-refractivity contribution >= 4 is 34.1 Å². The van der Waals surface area contributed by atoms with Crippen LogP contribution >= 0.6 is 11.3 Å². The lowest BCUT2D eigenvalue weighted by atomic mass is 9.62. The highest BCUT2D eigenvalue weighted by Crippen LogP contribution is 2.45. The van der Waals surface area contributed by atoms with Gasteiger partial charge in [0.25, 0.3) is 5.91 Å². The summed E-state index contributed by atoms with van der Waals surface area (Å²) in [6.07, 6.45) is 9.84. The second-order valence-electron chi connectivity index (χ2n) is 7.79. The number of amides is 2. The molecule has 0 saturated heterocycles. The third-order valence-electron chi connectivity index (χ3n) is 6.17. The zero-order chi connectivity index (χ0) is 19.0. The van der Waals surface area contributed by atoms with Gasteiger partial charge in [0.05, 0.1) is 17.4 Å². The van der Waals surface area contributed by atoms with Crippen molar-refractivity contribution in [3.05, 3.63) is 29.2 Å². The summed E-state index contributed by atoms with van der Waals surface area (Å²) in [6.45, 7) is 0. The van der Waals surface area contributed by atoms with Gasteiger partial charge < -0.3 is 15.7 Å². The van der Waals surface area contributed by atoms with Gasteiger partial charge in [0.15, 0.2) is 0 Å². The Morgan fingerprint density at radius 1 is 1.00 bits per heavy atom. The van der Waals surface area contributed by atoms with Crippen molar-refractivity contribution in [2.24, 2.45) is 23.7 Å². The molecule has 2 saturated carbocycles. The number of nitrogens with one attached hydrogen (secondary N) is 2. The summed E-state index contributed by atoms with van der Waals surface area (Å²) in [4.78, 5) is 37.3. The van der Waals surface area contributed by atoms with Crippen LogP contribution in [0.4, 0.5) is 5.00 Å². The molecule has 4 atom stereocenters. The minimum atomic E-state index is -0.917. The van der Waals surface area contributed by atoms with E-state index in [9.17, 15) is 19.5 Å². The normalized spacial score (nSPS) is 29.6. The third-order valence-corrected chi connectivity index (χ3v) is 7.00. The zero-order valence-electron chi connectivity index (χ0n) is 15.0. The number of allylic oxidation sites excluding steroid dienone is 2. The van der Waals surface area contributed by atoms with Gasteiger partial charge in [-0.15, -0.1) is 11.3 Å². The number of carbonyl (C=O) groups excluding carboxylic acids is 2. The molecule has 4 aliphatic rings. The van der Waals surface area contributed by atoms with Crippen molar-refractivity contribution in [2.75, 3.05) is 5.32 Å². The summed E-state index contributed by atoms with van der Waals surface area (Å²) < 4.78 is 0. The molecule has 0 spiro atoms. The van der Waals surface area contributed by atoms with Crippen LogP contribution in [0.3, 0.4) is 0 Å². The molecule has 0 radical (unpaired) electrons. The Balaban J connectivity index is 1.48. The Kier molecular flexibility index (Phi) is 5.04. The van der Waals surface area contributed by atoms with Gasteiger partial charge in [-0.05, 0) is 49.0 Å². The van der Waals surface area contributed by atoms with E-state index in [1.165, 1.54) is 11.3 Å². The Morgan fingerprint density at radius 2 is 1.67 bits per heavy atom. The number of anilines is 1. The van der Waals surface area contributed by atoms with Gasteiger partial charge in [0.2, 0.25) is 5.91 Å². The van der Waals surface area contributed by atoms with E-state index in [1.54, 1.807) is 11.4 Å². The minimum Gasteiger partial charge on any atom is -0.481 e. The molecular formula is C20H24N2O4S. The lowest BCUT2D eigenvalue weighted by molar-refractivity contribution is -0.151. The number of hydrogen-bond donors (Lipinski definition) is 3. The summed E-state index contributed by atoms with van der Waals surface area (Å²) in [7, 11) is 0. The molecule has 2 amide bonds. The number of rotatable bonds is 5. The fourth-order valence-electron chi connectivity index (χ4n) is 4.80. The maximum atomic E-state index is 13.0. The molecule has 2 fully saturated rings. The fraction of sp³-hybridized carbons (Fsp3) is 0.550. The number of carboxylic acid groups (broad SMARTS) is 1. The highest BCUT2D eigenvalue weighted by Gasteiger charge is 2.48. The number of aliphatic carboxylic acids is 1. The Bertz CT molecular complexity index is 781. The summed E-state index contributed by atoms with van der Waals surface area (Å²) >= 11 is 1.30. The van der Waals surface area contributed by atoms with E-state index >= 15 is 0 Å². The van der Waals surface area contributed by atoms with Crippen LogP contribution in [0.2, 0.25) is 0 Å². The first-order valence-corrected chi connectivity index (χ1v) is 10.5. The fourth-order valence-corrected chi connectivity index (χ4v) is 5.59. The molecule has 0 unspecified atom stereocenters. The van der Waals surface area contributed by atoms with Crippen molar-refractivity contribution in [1.29, 1.82) is 0 Å². The molecule has 1 aromatic heterocycles. The summed E-state index contributed by atoms with van der Waals surface area (Å²) in [5, 5.41) is 17.8. The molecule has 144 valence electrons. The summed E-state index contributed by atoms with van der Waals surface area (Å²) in [5.41, 5.74) is 0.462. The van der Waals surface area contributed by atoms with Gasteiger partial charge in [-0.3, -0.25) is 14.4 Å². The molecule has 0 aliphatic heterocycles. The van der Waals surface area contributed by atoms with Crippen molar-refractivity contribution < 1.29 is 19.5 Å². The molecule has 1 aromatic rings. The predicted molar refractivity (Wildman–Crippen MR) is 103 cm³/mol. The Labute approximate surface area is 162 Å². The van der Waals surface area contributed by atoms with Crippen LogP contribution in [0.5, 0.6) is 0 Å². The zero-order valence-corrected chi connectivity index (χ0v) is 15.8. The lowest BCUT2D eigenvalue weighted by Crippen LogP contribution is -2.47. The molecule has 0 aromatic carbocycles. The van der Waals surface area contributed by atoms with Crippen molar-refractivity contribution in [3.8, 4) is 0 Å². The highest BCUT2D eigenvalue weighted by atomic mass is 32.1. The smallest absolute Gasteiger partial charge is 0.307 e. The first-order valence-electron chi connectivity index (χ1n) is 9.65. The molecule has 5 rings (SSSR count). The molecule has 2 bridgehead atoms. The molecule has 7 heteroatoms. The van der Waals surface area contributed by atoms with Crippen LogP contribution < -0.4 is 10.6 Å². The maximum absolute atomic E-state index is 13.0. The second kappa shape index (κ2) is 7.46. The van der Waals surface area contributed by atoms with E-state index in [0.29, 0.717) is 10.6 Å². The molecule has 1 heterocycles. The van der Waals surface area contributed by atoms with E-state index in [2.05, 4.69) is 10.6 Å². The summed E-state index contributed by atoms with van der Waals surface area (Å²) in [5.74, 6) is -2.79. The van der Waals surface area contributed by atoms with Crippen LogP contribution in [-0.4, -0.2) is 28.9 Å². The van der Waals surface area contributed by atoms with Crippen LogP contribution in [0.15, 0.2) is 23.6 Å². The van der Waals surface area contributed by atoms with E-state index in [0.717, 1.165) is 38.5 Å².